The quantitative estimate of drug-likeness (QED) is 0.799. The van der Waals surface area contributed by atoms with Crippen molar-refractivity contribution in [1.29, 1.82) is 0 Å². The van der Waals surface area contributed by atoms with Crippen LogP contribution >= 0.6 is 0 Å². The summed E-state index contributed by atoms with van der Waals surface area (Å²) in [6, 6.07) is 9.98. The Hall–Kier alpha value is -2.31. The second-order valence-corrected chi connectivity index (χ2v) is 5.78. The molecule has 6 nitrogen and oxygen atoms in total. The summed E-state index contributed by atoms with van der Waals surface area (Å²) < 4.78 is 7.71. The smallest absolute Gasteiger partial charge is 0.109 e. The van der Waals surface area contributed by atoms with Gasteiger partial charge in [-0.3, -0.25) is 4.98 Å². The Morgan fingerprint density at radius 3 is 3.17 bits per heavy atom. The molecule has 2 aromatic heterocycles. The summed E-state index contributed by atoms with van der Waals surface area (Å²) >= 11 is 0. The molecule has 1 atom stereocenters. The number of benzene rings is 1. The van der Waals surface area contributed by atoms with E-state index in [4.69, 9.17) is 4.74 Å². The van der Waals surface area contributed by atoms with Crippen molar-refractivity contribution in [3.8, 4) is 5.69 Å². The van der Waals surface area contributed by atoms with Crippen LogP contribution in [0, 0.1) is 0 Å². The van der Waals surface area contributed by atoms with Crippen molar-refractivity contribution in [3.63, 3.8) is 0 Å². The highest BCUT2D eigenvalue weighted by Gasteiger charge is 2.14. The molecule has 1 aromatic carbocycles. The standard InChI is InChI=1S/C17H19N5O/c1-6-16-15(5-3-9-19-16)17(7-1)22-11-13(20-21-22)12-23-14-4-2-8-18-10-14/h1,3,5-7,9,11,14,18H,2,4,8,10,12H2. The van der Waals surface area contributed by atoms with Gasteiger partial charge in [0.15, 0.2) is 0 Å². The highest BCUT2D eigenvalue weighted by atomic mass is 16.5. The summed E-state index contributed by atoms with van der Waals surface area (Å²) in [6.45, 7) is 2.50. The third-order valence-corrected chi connectivity index (χ3v) is 4.13. The van der Waals surface area contributed by atoms with E-state index in [1.807, 2.05) is 36.5 Å². The zero-order valence-corrected chi connectivity index (χ0v) is 12.9. The van der Waals surface area contributed by atoms with Gasteiger partial charge in [0.1, 0.15) is 5.69 Å². The number of aromatic nitrogens is 4. The molecule has 6 heteroatoms. The van der Waals surface area contributed by atoms with Crippen molar-refractivity contribution >= 4 is 10.9 Å². The molecule has 23 heavy (non-hydrogen) atoms. The molecule has 0 aliphatic carbocycles. The summed E-state index contributed by atoms with van der Waals surface area (Å²) in [6.07, 6.45) is 6.27. The van der Waals surface area contributed by atoms with Crippen molar-refractivity contribution in [2.45, 2.75) is 25.6 Å². The molecule has 0 saturated carbocycles. The van der Waals surface area contributed by atoms with Gasteiger partial charge in [-0.1, -0.05) is 11.3 Å². The van der Waals surface area contributed by atoms with E-state index in [9.17, 15) is 0 Å². The van der Waals surface area contributed by atoms with E-state index in [0.717, 1.165) is 41.8 Å². The molecule has 3 aromatic rings. The van der Waals surface area contributed by atoms with Crippen LogP contribution in [0.25, 0.3) is 16.6 Å². The Morgan fingerprint density at radius 2 is 2.26 bits per heavy atom. The first-order valence-corrected chi connectivity index (χ1v) is 7.98. The molecule has 1 aliphatic heterocycles. The molecule has 1 N–H and O–H groups in total. The third-order valence-electron chi connectivity index (χ3n) is 4.13. The lowest BCUT2D eigenvalue weighted by atomic mass is 10.1. The van der Waals surface area contributed by atoms with Gasteiger partial charge in [-0.25, -0.2) is 4.68 Å². The lowest BCUT2D eigenvalue weighted by Crippen LogP contribution is -2.35. The molecule has 118 valence electrons. The highest BCUT2D eigenvalue weighted by molar-refractivity contribution is 5.86. The maximum atomic E-state index is 5.91. The highest BCUT2D eigenvalue weighted by Crippen LogP contribution is 2.20. The van der Waals surface area contributed by atoms with Gasteiger partial charge >= 0.3 is 0 Å². The Morgan fingerprint density at radius 1 is 1.26 bits per heavy atom. The van der Waals surface area contributed by atoms with E-state index >= 15 is 0 Å². The molecule has 0 bridgehead atoms. The van der Waals surface area contributed by atoms with Crippen LogP contribution in [-0.2, 0) is 11.3 Å². The molecular formula is C17H19N5O. The first-order valence-electron chi connectivity index (χ1n) is 7.98. The van der Waals surface area contributed by atoms with Crippen LogP contribution < -0.4 is 5.32 Å². The number of nitrogens with zero attached hydrogens (tertiary/aromatic N) is 4. The summed E-state index contributed by atoms with van der Waals surface area (Å²) in [5, 5.41) is 12.9. The van der Waals surface area contributed by atoms with Gasteiger partial charge in [0.25, 0.3) is 0 Å². The van der Waals surface area contributed by atoms with Gasteiger partial charge in [-0.05, 0) is 43.7 Å². The van der Waals surface area contributed by atoms with Gasteiger partial charge in [-0.2, -0.15) is 0 Å². The lowest BCUT2D eigenvalue weighted by Gasteiger charge is -2.22. The first-order chi connectivity index (χ1) is 11.4. The molecule has 1 unspecified atom stereocenters. The molecule has 1 saturated heterocycles. The largest absolute Gasteiger partial charge is 0.370 e. The number of hydrogen-bond donors (Lipinski definition) is 1. The van der Waals surface area contributed by atoms with Crippen LogP contribution in [0.5, 0.6) is 0 Å². The van der Waals surface area contributed by atoms with E-state index in [1.54, 1.807) is 10.9 Å². The van der Waals surface area contributed by atoms with Crippen LogP contribution in [0.1, 0.15) is 18.5 Å². The van der Waals surface area contributed by atoms with Crippen molar-refractivity contribution in [3.05, 3.63) is 48.4 Å². The monoisotopic (exact) mass is 309 g/mol. The number of nitrogens with one attached hydrogen (secondary N) is 1. The van der Waals surface area contributed by atoms with E-state index in [-0.39, 0.29) is 6.10 Å². The Kier molecular flexibility index (Phi) is 4.00. The minimum Gasteiger partial charge on any atom is -0.370 e. The van der Waals surface area contributed by atoms with Gasteiger partial charge in [0.05, 0.1) is 30.1 Å². The Labute approximate surface area is 134 Å². The van der Waals surface area contributed by atoms with Crippen LogP contribution in [0.3, 0.4) is 0 Å². The van der Waals surface area contributed by atoms with Crippen molar-refractivity contribution in [2.75, 3.05) is 13.1 Å². The predicted molar refractivity (Wildman–Crippen MR) is 87.3 cm³/mol. The minimum atomic E-state index is 0.274. The first kappa shape index (κ1) is 14.3. The number of pyridine rings is 1. The topological polar surface area (TPSA) is 64.9 Å². The van der Waals surface area contributed by atoms with Crippen LogP contribution in [-0.4, -0.2) is 39.2 Å². The maximum absolute atomic E-state index is 5.91. The van der Waals surface area contributed by atoms with Gasteiger partial charge in [0.2, 0.25) is 0 Å². The molecule has 1 fully saturated rings. The molecular weight excluding hydrogens is 290 g/mol. The van der Waals surface area contributed by atoms with Crippen LogP contribution in [0.4, 0.5) is 0 Å². The van der Waals surface area contributed by atoms with E-state index in [1.165, 1.54) is 6.42 Å². The summed E-state index contributed by atoms with van der Waals surface area (Å²) in [7, 11) is 0. The third kappa shape index (κ3) is 3.09. The summed E-state index contributed by atoms with van der Waals surface area (Å²) in [4.78, 5) is 4.38. The average Bonchev–Trinajstić information content (AvgIpc) is 3.09. The maximum Gasteiger partial charge on any atom is 0.109 e. The van der Waals surface area contributed by atoms with Crippen molar-refractivity contribution in [2.24, 2.45) is 0 Å². The molecule has 3 heterocycles. The van der Waals surface area contributed by atoms with Gasteiger partial charge in [0, 0.05) is 18.1 Å². The zero-order valence-electron chi connectivity index (χ0n) is 12.9. The van der Waals surface area contributed by atoms with Gasteiger partial charge < -0.3 is 10.1 Å². The molecule has 0 amide bonds. The predicted octanol–water partition coefficient (Wildman–Crippen LogP) is 2.08. The number of rotatable bonds is 4. The summed E-state index contributed by atoms with van der Waals surface area (Å²) in [5.74, 6) is 0. The molecule has 0 radical (unpaired) electrons. The number of hydrogen-bond acceptors (Lipinski definition) is 5. The van der Waals surface area contributed by atoms with Crippen LogP contribution in [0.15, 0.2) is 42.7 Å². The normalized spacial score (nSPS) is 18.3. The van der Waals surface area contributed by atoms with E-state index < -0.39 is 0 Å². The zero-order chi connectivity index (χ0) is 15.5. The fourth-order valence-electron chi connectivity index (χ4n) is 2.93. The van der Waals surface area contributed by atoms with Crippen molar-refractivity contribution in [1.82, 2.24) is 25.3 Å². The number of ether oxygens (including phenoxy) is 1. The molecule has 4 rings (SSSR count). The summed E-state index contributed by atoms with van der Waals surface area (Å²) in [5.41, 5.74) is 2.77. The second kappa shape index (κ2) is 6.44. The van der Waals surface area contributed by atoms with Crippen molar-refractivity contribution < 1.29 is 4.74 Å². The number of piperidine rings is 1. The fourth-order valence-corrected chi connectivity index (χ4v) is 2.93. The SMILES string of the molecule is c1cc(-n2cc(COC3CCCNC3)nn2)c2cccnc2c1. The Bertz CT molecular complexity index is 789. The Balaban J connectivity index is 1.52. The van der Waals surface area contributed by atoms with E-state index in [0.29, 0.717) is 6.61 Å². The average molecular weight is 309 g/mol. The van der Waals surface area contributed by atoms with Gasteiger partial charge in [-0.15, -0.1) is 5.10 Å². The molecule has 1 aliphatic rings. The number of fused-ring (bicyclic) bond motifs is 1. The van der Waals surface area contributed by atoms with E-state index in [2.05, 4.69) is 20.6 Å². The molecule has 0 spiro atoms. The fraction of sp³-hybridized carbons (Fsp3) is 0.353. The lowest BCUT2D eigenvalue weighted by molar-refractivity contribution is 0.0236. The van der Waals surface area contributed by atoms with Crippen LogP contribution in [0.2, 0.25) is 0 Å². The second-order valence-electron chi connectivity index (χ2n) is 5.78. The minimum absolute atomic E-state index is 0.274.